The lowest BCUT2D eigenvalue weighted by Crippen LogP contribution is -2.14. The molecule has 1 aromatic rings. The van der Waals surface area contributed by atoms with E-state index in [-0.39, 0.29) is 6.10 Å². The van der Waals surface area contributed by atoms with Gasteiger partial charge in [0.25, 0.3) is 0 Å². The highest BCUT2D eigenvalue weighted by Gasteiger charge is 2.11. The summed E-state index contributed by atoms with van der Waals surface area (Å²) in [5.41, 5.74) is 1.69. The number of aliphatic imine (C=N–C) groups is 1. The average molecular weight is 354 g/mol. The standard InChI is InChI=1S/C16H24BrN3O/c1-6-8-9-12(3)21-16-14(17)10-15(13(4)19-16)18-11-20(5)7-2/h6,10-12H,1,7-9H2,2-5H3/t12-/m1/s1. The van der Waals surface area contributed by atoms with Gasteiger partial charge in [-0.3, -0.25) is 0 Å². The van der Waals surface area contributed by atoms with Crippen molar-refractivity contribution in [3.63, 3.8) is 0 Å². The highest BCUT2D eigenvalue weighted by molar-refractivity contribution is 9.10. The highest BCUT2D eigenvalue weighted by atomic mass is 79.9. The lowest BCUT2D eigenvalue weighted by molar-refractivity contribution is 0.202. The van der Waals surface area contributed by atoms with Crippen LogP contribution in [0.25, 0.3) is 0 Å². The molecule has 5 heteroatoms. The fourth-order valence-corrected chi connectivity index (χ4v) is 2.01. The first-order valence-corrected chi connectivity index (χ1v) is 7.96. The number of ether oxygens (including phenoxy) is 1. The molecule has 0 N–H and O–H groups in total. The van der Waals surface area contributed by atoms with Crippen LogP contribution in [0.15, 0.2) is 28.2 Å². The van der Waals surface area contributed by atoms with Gasteiger partial charge in [0, 0.05) is 13.6 Å². The van der Waals surface area contributed by atoms with Gasteiger partial charge >= 0.3 is 0 Å². The summed E-state index contributed by atoms with van der Waals surface area (Å²) in [5, 5.41) is 0. The van der Waals surface area contributed by atoms with E-state index in [1.807, 2.05) is 44.3 Å². The molecule has 0 bridgehead atoms. The predicted molar refractivity (Wildman–Crippen MR) is 92.7 cm³/mol. The van der Waals surface area contributed by atoms with Gasteiger partial charge in [-0.2, -0.15) is 0 Å². The third-order valence-corrected chi connectivity index (χ3v) is 3.66. The Bertz CT molecular complexity index is 503. The van der Waals surface area contributed by atoms with Crippen molar-refractivity contribution in [2.45, 2.75) is 39.7 Å². The number of aryl methyl sites for hydroxylation is 1. The maximum Gasteiger partial charge on any atom is 0.228 e. The molecule has 1 heterocycles. The van der Waals surface area contributed by atoms with E-state index in [9.17, 15) is 0 Å². The Morgan fingerprint density at radius 2 is 2.29 bits per heavy atom. The number of hydrogen-bond acceptors (Lipinski definition) is 3. The normalized spacial score (nSPS) is 12.4. The van der Waals surface area contributed by atoms with Gasteiger partial charge < -0.3 is 9.64 Å². The van der Waals surface area contributed by atoms with E-state index in [0.717, 1.165) is 35.2 Å². The van der Waals surface area contributed by atoms with Crippen molar-refractivity contribution in [1.29, 1.82) is 0 Å². The number of nitrogens with zero attached hydrogens (tertiary/aromatic N) is 3. The van der Waals surface area contributed by atoms with Crippen molar-refractivity contribution in [2.75, 3.05) is 13.6 Å². The van der Waals surface area contributed by atoms with Crippen LogP contribution in [0.3, 0.4) is 0 Å². The molecule has 0 saturated heterocycles. The van der Waals surface area contributed by atoms with Gasteiger partial charge in [-0.15, -0.1) is 6.58 Å². The van der Waals surface area contributed by atoms with Crippen LogP contribution >= 0.6 is 15.9 Å². The number of aromatic nitrogens is 1. The molecule has 1 atom stereocenters. The molecule has 4 nitrogen and oxygen atoms in total. The van der Waals surface area contributed by atoms with Crippen molar-refractivity contribution in [3.05, 3.63) is 28.9 Å². The fraction of sp³-hybridized carbons (Fsp3) is 0.500. The van der Waals surface area contributed by atoms with E-state index < -0.39 is 0 Å². The largest absolute Gasteiger partial charge is 0.474 e. The van der Waals surface area contributed by atoms with E-state index >= 15 is 0 Å². The second kappa shape index (κ2) is 8.82. The van der Waals surface area contributed by atoms with Crippen molar-refractivity contribution in [3.8, 4) is 5.88 Å². The lowest BCUT2D eigenvalue weighted by atomic mass is 10.2. The fourth-order valence-electron chi connectivity index (χ4n) is 1.61. The van der Waals surface area contributed by atoms with E-state index in [2.05, 4.69) is 39.4 Å². The summed E-state index contributed by atoms with van der Waals surface area (Å²) in [5.74, 6) is 0.617. The first kappa shape index (κ1) is 17.7. The smallest absolute Gasteiger partial charge is 0.228 e. The molecule has 0 aliphatic rings. The van der Waals surface area contributed by atoms with E-state index in [1.54, 1.807) is 0 Å². The molecular weight excluding hydrogens is 330 g/mol. The first-order valence-electron chi connectivity index (χ1n) is 7.17. The molecule has 0 saturated carbocycles. The molecule has 0 unspecified atom stereocenters. The molecule has 0 radical (unpaired) electrons. The van der Waals surface area contributed by atoms with E-state index in [0.29, 0.717) is 5.88 Å². The molecule has 1 rings (SSSR count). The molecule has 1 aromatic heterocycles. The molecule has 0 aliphatic heterocycles. The Balaban J connectivity index is 2.84. The zero-order chi connectivity index (χ0) is 15.8. The van der Waals surface area contributed by atoms with Gasteiger partial charge in [-0.25, -0.2) is 9.98 Å². The Hall–Kier alpha value is -1.36. The maximum atomic E-state index is 5.86. The Kier molecular flexibility index (Phi) is 7.43. The molecule has 116 valence electrons. The minimum atomic E-state index is 0.103. The third-order valence-electron chi connectivity index (χ3n) is 3.09. The van der Waals surface area contributed by atoms with Crippen molar-refractivity contribution in [1.82, 2.24) is 9.88 Å². The second-order valence-electron chi connectivity index (χ2n) is 4.99. The van der Waals surface area contributed by atoms with Crippen LogP contribution in [0.5, 0.6) is 5.88 Å². The SMILES string of the molecule is C=CCC[C@@H](C)Oc1nc(C)c(N=CN(C)CC)cc1Br. The number of hydrogen-bond donors (Lipinski definition) is 0. The quantitative estimate of drug-likeness (QED) is 0.392. The molecular formula is C16H24BrN3O. The summed E-state index contributed by atoms with van der Waals surface area (Å²) in [6.45, 7) is 10.7. The van der Waals surface area contributed by atoms with E-state index in [1.165, 1.54) is 0 Å². The van der Waals surface area contributed by atoms with Crippen LogP contribution in [-0.2, 0) is 0 Å². The minimum absolute atomic E-state index is 0.103. The molecule has 0 amide bonds. The Morgan fingerprint density at radius 3 is 2.90 bits per heavy atom. The topological polar surface area (TPSA) is 37.7 Å². The predicted octanol–water partition coefficient (Wildman–Crippen LogP) is 4.50. The van der Waals surface area contributed by atoms with Gasteiger partial charge in [0.2, 0.25) is 5.88 Å². The molecule has 0 aliphatic carbocycles. The molecule has 21 heavy (non-hydrogen) atoms. The van der Waals surface area contributed by atoms with Gasteiger partial charge in [-0.05, 0) is 55.6 Å². The zero-order valence-corrected chi connectivity index (χ0v) is 14.9. The van der Waals surface area contributed by atoms with Crippen LogP contribution in [0.4, 0.5) is 5.69 Å². The summed E-state index contributed by atoms with van der Waals surface area (Å²) < 4.78 is 6.69. The van der Waals surface area contributed by atoms with Crippen LogP contribution in [0, 0.1) is 6.92 Å². The number of pyridine rings is 1. The van der Waals surface area contributed by atoms with Crippen molar-refractivity contribution >= 4 is 28.0 Å². The summed E-state index contributed by atoms with van der Waals surface area (Å²) in [7, 11) is 1.99. The first-order chi connectivity index (χ1) is 9.97. The van der Waals surface area contributed by atoms with Crippen molar-refractivity contribution in [2.24, 2.45) is 4.99 Å². The molecule has 0 aromatic carbocycles. The highest BCUT2D eigenvalue weighted by Crippen LogP contribution is 2.30. The van der Waals surface area contributed by atoms with Crippen LogP contribution < -0.4 is 4.74 Å². The lowest BCUT2D eigenvalue weighted by Gasteiger charge is -2.15. The minimum Gasteiger partial charge on any atom is -0.474 e. The van der Waals surface area contributed by atoms with Gasteiger partial charge in [0.1, 0.15) is 0 Å². The molecule has 0 fully saturated rings. The summed E-state index contributed by atoms with van der Waals surface area (Å²) in [6.07, 6.45) is 5.67. The second-order valence-corrected chi connectivity index (χ2v) is 5.85. The van der Waals surface area contributed by atoms with Crippen LogP contribution in [0.2, 0.25) is 0 Å². The van der Waals surface area contributed by atoms with Gasteiger partial charge in [0.05, 0.1) is 28.3 Å². The van der Waals surface area contributed by atoms with Gasteiger partial charge in [0.15, 0.2) is 0 Å². The molecule has 0 spiro atoms. The summed E-state index contributed by atoms with van der Waals surface area (Å²) in [6, 6.07) is 1.94. The maximum absolute atomic E-state index is 5.86. The average Bonchev–Trinajstić information content (AvgIpc) is 2.46. The van der Waals surface area contributed by atoms with Crippen LogP contribution in [-0.4, -0.2) is 35.9 Å². The van der Waals surface area contributed by atoms with Gasteiger partial charge in [-0.1, -0.05) is 6.08 Å². The van der Waals surface area contributed by atoms with Crippen molar-refractivity contribution < 1.29 is 4.74 Å². The Labute approximate surface area is 136 Å². The summed E-state index contributed by atoms with van der Waals surface area (Å²) >= 11 is 3.51. The number of rotatable bonds is 8. The van der Waals surface area contributed by atoms with Crippen LogP contribution in [0.1, 0.15) is 32.4 Å². The number of allylic oxidation sites excluding steroid dienone is 1. The van der Waals surface area contributed by atoms with E-state index in [4.69, 9.17) is 4.74 Å². The zero-order valence-electron chi connectivity index (χ0n) is 13.3. The number of halogens is 1. The third kappa shape index (κ3) is 5.87. The Morgan fingerprint density at radius 1 is 1.57 bits per heavy atom. The monoisotopic (exact) mass is 353 g/mol. The summed E-state index contributed by atoms with van der Waals surface area (Å²) in [4.78, 5) is 11.0.